The van der Waals surface area contributed by atoms with Gasteiger partial charge >= 0.3 is 0 Å². The number of nitrogens with one attached hydrogen (secondary N) is 1. The summed E-state index contributed by atoms with van der Waals surface area (Å²) in [7, 11) is 0. The zero-order valence-electron chi connectivity index (χ0n) is 8.89. The van der Waals surface area contributed by atoms with E-state index in [0.717, 1.165) is 31.6 Å². The molecule has 0 fully saturated rings. The highest BCUT2D eigenvalue weighted by atomic mass is 16.1. The van der Waals surface area contributed by atoms with E-state index < -0.39 is 0 Å². The molecule has 3 heteroatoms. The molecule has 0 unspecified atom stereocenters. The van der Waals surface area contributed by atoms with Crippen LogP contribution in [0.15, 0.2) is 4.99 Å². The van der Waals surface area contributed by atoms with Crippen LogP contribution < -0.4 is 5.32 Å². The van der Waals surface area contributed by atoms with E-state index in [0.29, 0.717) is 6.42 Å². The van der Waals surface area contributed by atoms with E-state index in [-0.39, 0.29) is 5.91 Å². The average Bonchev–Trinajstić information content (AvgIpc) is 2.14. The van der Waals surface area contributed by atoms with Crippen LogP contribution in [0.2, 0.25) is 0 Å². The summed E-state index contributed by atoms with van der Waals surface area (Å²) in [6.45, 7) is 6.69. The van der Waals surface area contributed by atoms with Crippen molar-refractivity contribution in [1.29, 1.82) is 0 Å². The van der Waals surface area contributed by atoms with Crippen LogP contribution in [0.25, 0.3) is 0 Å². The van der Waals surface area contributed by atoms with Crippen LogP contribution in [0.3, 0.4) is 0 Å². The molecule has 0 spiro atoms. The standard InChI is InChI=1S/C10H20N2O/c1-4-7-8-9(11-6-3)12-10(13)5-2/h4-8H2,1-3H3,(H,11,12,13). The van der Waals surface area contributed by atoms with Gasteiger partial charge in [0, 0.05) is 19.4 Å². The van der Waals surface area contributed by atoms with E-state index in [9.17, 15) is 4.79 Å². The lowest BCUT2D eigenvalue weighted by Crippen LogP contribution is -2.29. The number of carbonyl (C=O) groups excluding carboxylic acids is 1. The Labute approximate surface area is 80.6 Å². The van der Waals surface area contributed by atoms with E-state index >= 15 is 0 Å². The molecule has 0 aliphatic carbocycles. The van der Waals surface area contributed by atoms with Crippen molar-refractivity contribution in [3.8, 4) is 0 Å². The van der Waals surface area contributed by atoms with Crippen LogP contribution in [0, 0.1) is 0 Å². The third-order valence-electron chi connectivity index (χ3n) is 1.72. The van der Waals surface area contributed by atoms with Gasteiger partial charge in [0.15, 0.2) is 0 Å². The number of aliphatic imine (C=N–C) groups is 1. The lowest BCUT2D eigenvalue weighted by atomic mass is 10.2. The molecular weight excluding hydrogens is 164 g/mol. The van der Waals surface area contributed by atoms with E-state index in [1.807, 2.05) is 13.8 Å². The zero-order valence-corrected chi connectivity index (χ0v) is 8.89. The fourth-order valence-corrected chi connectivity index (χ4v) is 0.965. The van der Waals surface area contributed by atoms with Crippen LogP contribution in [0.5, 0.6) is 0 Å². The second-order valence-corrected chi connectivity index (χ2v) is 2.93. The summed E-state index contributed by atoms with van der Waals surface area (Å²) in [5.41, 5.74) is 0. The summed E-state index contributed by atoms with van der Waals surface area (Å²) in [6.07, 6.45) is 3.62. The first kappa shape index (κ1) is 12.1. The second kappa shape index (κ2) is 7.77. The molecule has 0 radical (unpaired) electrons. The quantitative estimate of drug-likeness (QED) is 0.516. The van der Waals surface area contributed by atoms with Crippen LogP contribution >= 0.6 is 0 Å². The first-order valence-electron chi connectivity index (χ1n) is 5.07. The number of amides is 1. The van der Waals surface area contributed by atoms with Gasteiger partial charge in [-0.25, -0.2) is 0 Å². The SMILES string of the molecule is CCCCC(=NCC)NC(=O)CC. The maximum atomic E-state index is 11.1. The molecule has 13 heavy (non-hydrogen) atoms. The third kappa shape index (κ3) is 6.31. The molecule has 0 aliphatic rings. The molecule has 1 amide bonds. The molecule has 1 N–H and O–H groups in total. The van der Waals surface area contributed by atoms with Crippen LogP contribution in [-0.2, 0) is 4.79 Å². The van der Waals surface area contributed by atoms with Gasteiger partial charge in [-0.05, 0) is 13.3 Å². The number of rotatable bonds is 5. The highest BCUT2D eigenvalue weighted by molar-refractivity contribution is 5.97. The van der Waals surface area contributed by atoms with Crippen molar-refractivity contribution < 1.29 is 4.79 Å². The van der Waals surface area contributed by atoms with E-state index in [1.54, 1.807) is 0 Å². The highest BCUT2D eigenvalue weighted by Gasteiger charge is 2.02. The van der Waals surface area contributed by atoms with Gasteiger partial charge in [0.25, 0.3) is 0 Å². The Morgan fingerprint density at radius 2 is 2.00 bits per heavy atom. The zero-order chi connectivity index (χ0) is 10.1. The smallest absolute Gasteiger partial charge is 0.224 e. The van der Waals surface area contributed by atoms with Gasteiger partial charge in [0.1, 0.15) is 5.84 Å². The van der Waals surface area contributed by atoms with Crippen LogP contribution in [0.4, 0.5) is 0 Å². The number of hydrogen-bond donors (Lipinski definition) is 1. The van der Waals surface area contributed by atoms with Crippen LogP contribution in [-0.4, -0.2) is 18.3 Å². The third-order valence-corrected chi connectivity index (χ3v) is 1.72. The Bertz CT molecular complexity index is 176. The van der Waals surface area contributed by atoms with Crippen molar-refractivity contribution in [3.05, 3.63) is 0 Å². The van der Waals surface area contributed by atoms with Crippen molar-refractivity contribution in [2.45, 2.75) is 46.5 Å². The minimum atomic E-state index is 0.0586. The fourth-order valence-electron chi connectivity index (χ4n) is 0.965. The van der Waals surface area contributed by atoms with Gasteiger partial charge in [0.05, 0.1) is 0 Å². The Morgan fingerprint density at radius 3 is 2.46 bits per heavy atom. The molecule has 0 aromatic heterocycles. The van der Waals surface area contributed by atoms with Crippen molar-refractivity contribution in [1.82, 2.24) is 5.32 Å². The second-order valence-electron chi connectivity index (χ2n) is 2.93. The van der Waals surface area contributed by atoms with Gasteiger partial charge in [-0.2, -0.15) is 0 Å². The normalized spacial score (nSPS) is 11.5. The predicted molar refractivity (Wildman–Crippen MR) is 55.9 cm³/mol. The molecule has 3 nitrogen and oxygen atoms in total. The highest BCUT2D eigenvalue weighted by Crippen LogP contribution is 1.95. The first-order valence-corrected chi connectivity index (χ1v) is 5.07. The number of nitrogens with zero attached hydrogens (tertiary/aromatic N) is 1. The van der Waals surface area contributed by atoms with Crippen molar-refractivity contribution in [2.24, 2.45) is 4.99 Å². The summed E-state index contributed by atoms with van der Waals surface area (Å²) in [4.78, 5) is 15.3. The predicted octanol–water partition coefficient (Wildman–Crippen LogP) is 2.12. The maximum absolute atomic E-state index is 11.1. The minimum absolute atomic E-state index is 0.0586. The minimum Gasteiger partial charge on any atom is -0.315 e. The van der Waals surface area contributed by atoms with E-state index in [4.69, 9.17) is 0 Å². The monoisotopic (exact) mass is 184 g/mol. The van der Waals surface area contributed by atoms with Crippen LogP contribution in [0.1, 0.15) is 46.5 Å². The topological polar surface area (TPSA) is 41.5 Å². The lowest BCUT2D eigenvalue weighted by molar-refractivity contribution is -0.119. The van der Waals surface area contributed by atoms with Gasteiger partial charge in [-0.3, -0.25) is 9.79 Å². The summed E-state index contributed by atoms with van der Waals surface area (Å²) in [6, 6.07) is 0. The number of carbonyl (C=O) groups is 1. The van der Waals surface area contributed by atoms with Gasteiger partial charge in [-0.1, -0.05) is 20.3 Å². The van der Waals surface area contributed by atoms with Gasteiger partial charge in [-0.15, -0.1) is 0 Å². The summed E-state index contributed by atoms with van der Waals surface area (Å²) in [5, 5.41) is 2.81. The Balaban J connectivity index is 3.94. The molecule has 0 aromatic rings. The van der Waals surface area contributed by atoms with Gasteiger partial charge < -0.3 is 5.32 Å². The summed E-state index contributed by atoms with van der Waals surface area (Å²) < 4.78 is 0. The Morgan fingerprint density at radius 1 is 1.31 bits per heavy atom. The summed E-state index contributed by atoms with van der Waals surface area (Å²) in [5.74, 6) is 0.902. The average molecular weight is 184 g/mol. The fraction of sp³-hybridized carbons (Fsp3) is 0.800. The molecule has 76 valence electrons. The number of hydrogen-bond acceptors (Lipinski definition) is 2. The molecule has 0 heterocycles. The van der Waals surface area contributed by atoms with E-state index in [2.05, 4.69) is 17.2 Å². The molecule has 0 bridgehead atoms. The molecule has 0 rings (SSSR count). The summed E-state index contributed by atoms with van der Waals surface area (Å²) >= 11 is 0. The molecular formula is C10H20N2O. The van der Waals surface area contributed by atoms with Gasteiger partial charge in [0.2, 0.25) is 5.91 Å². The molecule has 0 saturated carbocycles. The number of amidine groups is 1. The molecule has 0 atom stereocenters. The van der Waals surface area contributed by atoms with Crippen molar-refractivity contribution >= 4 is 11.7 Å². The van der Waals surface area contributed by atoms with Crippen molar-refractivity contribution in [2.75, 3.05) is 6.54 Å². The molecule has 0 saturated heterocycles. The maximum Gasteiger partial charge on any atom is 0.224 e. The Kier molecular flexibility index (Phi) is 7.26. The van der Waals surface area contributed by atoms with Crippen molar-refractivity contribution in [3.63, 3.8) is 0 Å². The number of unbranched alkanes of at least 4 members (excludes halogenated alkanes) is 1. The Hall–Kier alpha value is -0.860. The molecule has 0 aromatic carbocycles. The van der Waals surface area contributed by atoms with E-state index in [1.165, 1.54) is 0 Å². The first-order chi connectivity index (χ1) is 6.24. The molecule has 0 aliphatic heterocycles. The lowest BCUT2D eigenvalue weighted by Gasteiger charge is -2.06. The largest absolute Gasteiger partial charge is 0.315 e.